The molecule has 1 aliphatic rings. The summed E-state index contributed by atoms with van der Waals surface area (Å²) in [5.74, 6) is 1.25. The molecule has 31 heavy (non-hydrogen) atoms. The first kappa shape index (κ1) is 20.4. The highest BCUT2D eigenvalue weighted by Gasteiger charge is 2.33. The lowest BCUT2D eigenvalue weighted by Crippen LogP contribution is -2.28. The van der Waals surface area contributed by atoms with Crippen LogP contribution in [0.5, 0.6) is 5.75 Å². The van der Waals surface area contributed by atoms with Gasteiger partial charge in [-0.3, -0.25) is 4.79 Å². The third kappa shape index (κ3) is 5.00. The van der Waals surface area contributed by atoms with Crippen molar-refractivity contribution in [3.8, 4) is 5.75 Å². The van der Waals surface area contributed by atoms with Crippen LogP contribution in [0, 0.1) is 0 Å². The Hall–Kier alpha value is -3.88. The normalized spacial score (nSPS) is 15.7. The van der Waals surface area contributed by atoms with Gasteiger partial charge in [0.05, 0.1) is 19.3 Å². The van der Waals surface area contributed by atoms with Crippen molar-refractivity contribution < 1.29 is 18.8 Å². The van der Waals surface area contributed by atoms with Crippen molar-refractivity contribution >= 4 is 17.6 Å². The van der Waals surface area contributed by atoms with Gasteiger partial charge in [-0.1, -0.05) is 47.6 Å². The molecule has 1 fully saturated rings. The van der Waals surface area contributed by atoms with E-state index in [0.29, 0.717) is 36.8 Å². The van der Waals surface area contributed by atoms with Crippen LogP contribution in [0.2, 0.25) is 0 Å². The predicted molar refractivity (Wildman–Crippen MR) is 112 cm³/mol. The molecule has 0 saturated carbocycles. The molecule has 160 valence electrons. The number of hydrogen-bond donors (Lipinski definition) is 2. The number of amides is 3. The van der Waals surface area contributed by atoms with Crippen LogP contribution in [0.25, 0.3) is 0 Å². The third-order valence-electron chi connectivity index (χ3n) is 5.04. The minimum absolute atomic E-state index is 0.0644. The monoisotopic (exact) mass is 421 g/mol. The minimum atomic E-state index is -0.422. The molecule has 3 amide bonds. The summed E-state index contributed by atoms with van der Waals surface area (Å²) in [4.78, 5) is 30.7. The topological polar surface area (TPSA) is 110 Å². The molecule has 0 unspecified atom stereocenters. The number of nitrogens with zero attached hydrogens (tertiary/aromatic N) is 3. The van der Waals surface area contributed by atoms with E-state index >= 15 is 0 Å². The smallest absolute Gasteiger partial charge is 0.319 e. The fraction of sp³-hybridized carbons (Fsp3) is 0.273. The molecule has 1 aliphatic heterocycles. The average Bonchev–Trinajstić information content (AvgIpc) is 3.40. The maximum atomic E-state index is 12.4. The molecular weight excluding hydrogens is 398 g/mol. The van der Waals surface area contributed by atoms with Gasteiger partial charge in [0.2, 0.25) is 11.8 Å². The lowest BCUT2D eigenvalue weighted by molar-refractivity contribution is -0.128. The third-order valence-corrected chi connectivity index (χ3v) is 5.04. The maximum absolute atomic E-state index is 12.4. The highest BCUT2D eigenvalue weighted by atomic mass is 16.5. The predicted octanol–water partition coefficient (Wildman–Crippen LogP) is 2.92. The number of likely N-dealkylation sites (tertiary alicyclic amines) is 1. The van der Waals surface area contributed by atoms with Gasteiger partial charge in [0.15, 0.2) is 5.82 Å². The average molecular weight is 421 g/mol. The molecule has 2 N–H and O–H groups in total. The lowest BCUT2D eigenvalue weighted by atomic mass is 10.1. The van der Waals surface area contributed by atoms with Crippen LogP contribution in [0.4, 0.5) is 10.5 Å². The molecule has 0 spiro atoms. The van der Waals surface area contributed by atoms with Crippen molar-refractivity contribution in [1.82, 2.24) is 20.4 Å². The van der Waals surface area contributed by atoms with E-state index < -0.39 is 6.03 Å². The zero-order chi connectivity index (χ0) is 21.6. The Bertz CT molecular complexity index is 1050. The van der Waals surface area contributed by atoms with Crippen molar-refractivity contribution in [1.29, 1.82) is 0 Å². The summed E-state index contributed by atoms with van der Waals surface area (Å²) >= 11 is 0. The summed E-state index contributed by atoms with van der Waals surface area (Å²) in [6, 6.07) is 16.5. The summed E-state index contributed by atoms with van der Waals surface area (Å²) < 4.78 is 10.5. The van der Waals surface area contributed by atoms with E-state index in [4.69, 9.17) is 9.26 Å². The van der Waals surface area contributed by atoms with E-state index in [1.165, 1.54) is 7.11 Å². The Labute approximate surface area is 179 Å². The molecule has 9 nitrogen and oxygen atoms in total. The van der Waals surface area contributed by atoms with Crippen molar-refractivity contribution in [2.45, 2.75) is 25.4 Å². The zero-order valence-corrected chi connectivity index (χ0v) is 17.1. The number of methoxy groups -OCH3 is 1. The molecule has 9 heteroatoms. The number of ether oxygens (including phenoxy) is 1. The van der Waals surface area contributed by atoms with Crippen molar-refractivity contribution in [2.24, 2.45) is 0 Å². The van der Waals surface area contributed by atoms with Crippen LogP contribution in [0.15, 0.2) is 59.1 Å². The second kappa shape index (κ2) is 9.29. The van der Waals surface area contributed by atoms with E-state index in [-0.39, 0.29) is 24.3 Å². The largest absolute Gasteiger partial charge is 0.495 e. The number of nitrogens with one attached hydrogen (secondary N) is 2. The first-order chi connectivity index (χ1) is 15.1. The number of carbonyl (C=O) groups excluding carboxylic acids is 2. The van der Waals surface area contributed by atoms with Crippen LogP contribution >= 0.6 is 0 Å². The van der Waals surface area contributed by atoms with Crippen molar-refractivity contribution in [2.75, 3.05) is 19.0 Å². The Kier molecular flexibility index (Phi) is 6.11. The van der Waals surface area contributed by atoms with Gasteiger partial charge in [-0.15, -0.1) is 0 Å². The Morgan fingerprint density at radius 3 is 2.77 bits per heavy atom. The molecule has 0 radical (unpaired) electrons. The number of benzene rings is 2. The molecule has 4 rings (SSSR count). The van der Waals surface area contributed by atoms with Gasteiger partial charge in [0.1, 0.15) is 5.75 Å². The number of rotatable bonds is 7. The molecule has 1 saturated heterocycles. The van der Waals surface area contributed by atoms with Gasteiger partial charge in [0.25, 0.3) is 0 Å². The first-order valence-corrected chi connectivity index (χ1v) is 9.94. The standard InChI is InChI=1S/C22H23N5O4/c1-30-18-10-6-5-9-17(18)24-22(29)23-12-19-25-21(26-31-19)16-11-20(28)27(14-16)13-15-7-3-2-4-8-15/h2-10,16H,11-14H2,1H3,(H2,23,24,29)/t16-/m1/s1. The van der Waals surface area contributed by atoms with Crippen molar-refractivity contribution in [3.05, 3.63) is 71.9 Å². The van der Waals surface area contributed by atoms with Gasteiger partial charge in [-0.25, -0.2) is 4.79 Å². The zero-order valence-electron chi connectivity index (χ0n) is 17.1. The molecule has 3 aromatic rings. The Morgan fingerprint density at radius 1 is 1.19 bits per heavy atom. The molecule has 1 aromatic heterocycles. The van der Waals surface area contributed by atoms with E-state index in [9.17, 15) is 9.59 Å². The lowest BCUT2D eigenvalue weighted by Gasteiger charge is -2.15. The van der Waals surface area contributed by atoms with E-state index in [1.807, 2.05) is 36.4 Å². The van der Waals surface area contributed by atoms with Gasteiger partial charge in [-0.05, 0) is 17.7 Å². The summed E-state index contributed by atoms with van der Waals surface area (Å²) in [6.07, 6.45) is 0.341. The van der Waals surface area contributed by atoms with E-state index in [0.717, 1.165) is 5.56 Å². The number of aromatic nitrogens is 2. The molecule has 2 heterocycles. The van der Waals surface area contributed by atoms with Crippen LogP contribution in [0.1, 0.15) is 29.6 Å². The van der Waals surface area contributed by atoms with E-state index in [1.54, 1.807) is 23.1 Å². The number of carbonyl (C=O) groups is 2. The number of para-hydroxylation sites is 2. The number of urea groups is 1. The second-order valence-corrected chi connectivity index (χ2v) is 7.22. The van der Waals surface area contributed by atoms with Crippen LogP contribution < -0.4 is 15.4 Å². The van der Waals surface area contributed by atoms with Crippen LogP contribution in [-0.4, -0.2) is 40.6 Å². The molecule has 1 atom stereocenters. The fourth-order valence-electron chi connectivity index (χ4n) is 3.48. The number of hydrogen-bond acceptors (Lipinski definition) is 6. The Morgan fingerprint density at radius 2 is 1.97 bits per heavy atom. The minimum Gasteiger partial charge on any atom is -0.495 e. The fourth-order valence-corrected chi connectivity index (χ4v) is 3.48. The van der Waals surface area contributed by atoms with Gasteiger partial charge in [0, 0.05) is 25.4 Å². The quantitative estimate of drug-likeness (QED) is 0.607. The SMILES string of the molecule is COc1ccccc1NC(=O)NCc1nc([C@@H]2CC(=O)N(Cc3ccccc3)C2)no1. The second-order valence-electron chi connectivity index (χ2n) is 7.22. The van der Waals surface area contributed by atoms with Crippen molar-refractivity contribution in [3.63, 3.8) is 0 Å². The summed E-state index contributed by atoms with van der Waals surface area (Å²) in [7, 11) is 1.53. The molecule has 0 aliphatic carbocycles. The van der Waals surface area contributed by atoms with Gasteiger partial charge in [-0.2, -0.15) is 4.98 Å². The summed E-state index contributed by atoms with van der Waals surface area (Å²) in [6.45, 7) is 1.17. The van der Waals surface area contributed by atoms with Gasteiger partial charge < -0.3 is 24.8 Å². The summed E-state index contributed by atoms with van der Waals surface area (Å²) in [5, 5.41) is 9.39. The maximum Gasteiger partial charge on any atom is 0.319 e. The van der Waals surface area contributed by atoms with E-state index in [2.05, 4.69) is 20.8 Å². The molecule has 2 aromatic carbocycles. The van der Waals surface area contributed by atoms with Crippen LogP contribution in [-0.2, 0) is 17.9 Å². The molecule has 0 bridgehead atoms. The van der Waals surface area contributed by atoms with Gasteiger partial charge >= 0.3 is 6.03 Å². The Balaban J connectivity index is 1.30. The molecular formula is C22H23N5O4. The highest BCUT2D eigenvalue weighted by molar-refractivity contribution is 5.90. The summed E-state index contributed by atoms with van der Waals surface area (Å²) in [5.41, 5.74) is 1.63. The number of anilines is 1. The highest BCUT2D eigenvalue weighted by Crippen LogP contribution is 2.27. The van der Waals surface area contributed by atoms with Crippen LogP contribution in [0.3, 0.4) is 0 Å². The first-order valence-electron chi connectivity index (χ1n) is 9.94.